The minimum atomic E-state index is 0.580. The van der Waals surface area contributed by atoms with E-state index >= 15 is 0 Å². The average molecular weight is 437 g/mol. The molecule has 0 heteroatoms. The molecule has 1 unspecified atom stereocenters. The Balaban J connectivity index is 1.72. The molecule has 0 aromatic heterocycles. The summed E-state index contributed by atoms with van der Waals surface area (Å²) in [6.07, 6.45) is 1.16. The fourth-order valence-corrected chi connectivity index (χ4v) is 5.39. The normalized spacial score (nSPS) is 12.4. The number of hydrogen-bond donors (Lipinski definition) is 0. The molecule has 164 valence electrons. The van der Waals surface area contributed by atoms with Crippen molar-refractivity contribution in [2.45, 2.75) is 26.2 Å². The Morgan fingerprint density at radius 2 is 1.00 bits per heavy atom. The van der Waals surface area contributed by atoms with Crippen molar-refractivity contribution in [2.75, 3.05) is 0 Å². The van der Waals surface area contributed by atoms with Gasteiger partial charge < -0.3 is 0 Å². The molecule has 6 aromatic carbocycles. The van der Waals surface area contributed by atoms with E-state index in [0.717, 1.165) is 6.42 Å². The summed E-state index contributed by atoms with van der Waals surface area (Å²) in [5, 5.41) is 7.79. The quantitative estimate of drug-likeness (QED) is 0.241. The van der Waals surface area contributed by atoms with E-state index < -0.39 is 0 Å². The zero-order valence-corrected chi connectivity index (χ0v) is 19.8. The van der Waals surface area contributed by atoms with Gasteiger partial charge in [-0.1, -0.05) is 129 Å². The molecule has 0 amide bonds. The average Bonchev–Trinajstić information content (AvgIpc) is 2.91. The molecule has 0 aliphatic rings. The second kappa shape index (κ2) is 8.47. The fraction of sp³-hybridized carbons (Fsp3) is 0.118. The third-order valence-corrected chi connectivity index (χ3v) is 7.37. The molecule has 0 bridgehead atoms. The largest absolute Gasteiger partial charge is 0.0648 e. The smallest absolute Gasteiger partial charge is 0.00201 e. The highest BCUT2D eigenvalue weighted by atomic mass is 14.2. The van der Waals surface area contributed by atoms with Gasteiger partial charge >= 0.3 is 0 Å². The maximum absolute atomic E-state index is 2.31. The van der Waals surface area contributed by atoms with Gasteiger partial charge in [0.05, 0.1) is 0 Å². The van der Waals surface area contributed by atoms with Crippen molar-refractivity contribution < 1.29 is 0 Å². The highest BCUT2D eigenvalue weighted by molar-refractivity contribution is 6.23. The van der Waals surface area contributed by atoms with Crippen LogP contribution in [0.25, 0.3) is 54.6 Å². The molecule has 0 saturated carbocycles. The van der Waals surface area contributed by atoms with Gasteiger partial charge in [0, 0.05) is 0 Å². The van der Waals surface area contributed by atoms with Crippen molar-refractivity contribution in [1.29, 1.82) is 0 Å². The Hall–Kier alpha value is -3.90. The number of benzene rings is 6. The lowest BCUT2D eigenvalue weighted by atomic mass is 9.84. The van der Waals surface area contributed by atoms with E-state index in [4.69, 9.17) is 0 Å². The van der Waals surface area contributed by atoms with Crippen LogP contribution in [0.5, 0.6) is 0 Å². The van der Waals surface area contributed by atoms with E-state index in [-0.39, 0.29) is 0 Å². The van der Waals surface area contributed by atoms with Crippen LogP contribution in [0.15, 0.2) is 115 Å². The summed E-state index contributed by atoms with van der Waals surface area (Å²) in [5.41, 5.74) is 6.63. The molecule has 1 atom stereocenters. The molecule has 34 heavy (non-hydrogen) atoms. The van der Waals surface area contributed by atoms with Crippen molar-refractivity contribution in [3.05, 3.63) is 121 Å². The molecular formula is C34H28. The number of fused-ring (bicyclic) bond motifs is 3. The van der Waals surface area contributed by atoms with Crippen LogP contribution in [0.4, 0.5) is 0 Å². The highest BCUT2D eigenvalue weighted by Gasteiger charge is 2.17. The molecule has 6 aromatic rings. The van der Waals surface area contributed by atoms with Crippen molar-refractivity contribution in [2.24, 2.45) is 0 Å². The zero-order chi connectivity index (χ0) is 23.1. The van der Waals surface area contributed by atoms with Gasteiger partial charge in [-0.05, 0) is 72.5 Å². The van der Waals surface area contributed by atoms with Gasteiger partial charge in [-0.15, -0.1) is 0 Å². The monoisotopic (exact) mass is 436 g/mol. The summed E-state index contributed by atoms with van der Waals surface area (Å²) in [6, 6.07) is 42.4. The second-order valence-electron chi connectivity index (χ2n) is 9.30. The lowest BCUT2D eigenvalue weighted by molar-refractivity contribution is 0.734. The molecule has 0 radical (unpaired) electrons. The van der Waals surface area contributed by atoms with Gasteiger partial charge in [-0.2, -0.15) is 0 Å². The van der Waals surface area contributed by atoms with E-state index in [2.05, 4.69) is 129 Å². The fourth-order valence-electron chi connectivity index (χ4n) is 5.39. The lowest BCUT2D eigenvalue weighted by Crippen LogP contribution is -1.93. The molecular weight excluding hydrogens is 408 g/mol. The van der Waals surface area contributed by atoms with Crippen LogP contribution in [0, 0.1) is 0 Å². The van der Waals surface area contributed by atoms with Gasteiger partial charge in [-0.3, -0.25) is 0 Å². The third kappa shape index (κ3) is 3.30. The molecule has 6 rings (SSSR count). The van der Waals surface area contributed by atoms with Gasteiger partial charge in [-0.25, -0.2) is 0 Å². The Kier molecular flexibility index (Phi) is 5.15. The number of hydrogen-bond acceptors (Lipinski definition) is 0. The Morgan fingerprint density at radius 3 is 1.59 bits per heavy atom. The van der Waals surface area contributed by atoms with Gasteiger partial charge in [0.2, 0.25) is 0 Å². The SMILES string of the molecule is CCC(C)c1ccc(-c2c3ccccc3c(-c3cccc4ccccc34)c3ccccc23)cc1. The predicted molar refractivity (Wildman–Crippen MR) is 149 cm³/mol. The molecule has 0 heterocycles. The van der Waals surface area contributed by atoms with E-state index in [1.54, 1.807) is 0 Å². The summed E-state index contributed by atoms with van der Waals surface area (Å²) < 4.78 is 0. The summed E-state index contributed by atoms with van der Waals surface area (Å²) in [6.45, 7) is 4.56. The molecule has 0 saturated heterocycles. The van der Waals surface area contributed by atoms with Gasteiger partial charge in [0.25, 0.3) is 0 Å². The third-order valence-electron chi connectivity index (χ3n) is 7.37. The van der Waals surface area contributed by atoms with Gasteiger partial charge in [0.15, 0.2) is 0 Å². The summed E-state index contributed by atoms with van der Waals surface area (Å²) in [7, 11) is 0. The molecule has 0 fully saturated rings. The topological polar surface area (TPSA) is 0 Å². The van der Waals surface area contributed by atoms with Crippen molar-refractivity contribution in [3.8, 4) is 22.3 Å². The first-order chi connectivity index (χ1) is 16.8. The Bertz CT molecular complexity index is 1570. The standard InChI is InChI=1S/C34H28/c1-3-23(2)24-19-21-26(22-20-24)33-29-14-6-8-16-31(29)34(32-17-9-7-15-30(32)33)28-18-10-12-25-11-4-5-13-27(25)28/h4-23H,3H2,1-2H3. The Morgan fingerprint density at radius 1 is 0.500 bits per heavy atom. The first kappa shape index (κ1) is 20.7. The minimum Gasteiger partial charge on any atom is -0.0648 e. The predicted octanol–water partition coefficient (Wildman–Crippen LogP) is 9.99. The van der Waals surface area contributed by atoms with Crippen molar-refractivity contribution in [1.82, 2.24) is 0 Å². The van der Waals surface area contributed by atoms with Crippen molar-refractivity contribution >= 4 is 32.3 Å². The first-order valence-electron chi connectivity index (χ1n) is 12.3. The van der Waals surface area contributed by atoms with E-state index in [0.29, 0.717) is 5.92 Å². The van der Waals surface area contributed by atoms with E-state index in [9.17, 15) is 0 Å². The lowest BCUT2D eigenvalue weighted by Gasteiger charge is -2.19. The minimum absolute atomic E-state index is 0.580. The maximum Gasteiger partial charge on any atom is -0.00201 e. The van der Waals surface area contributed by atoms with Crippen LogP contribution in [-0.2, 0) is 0 Å². The van der Waals surface area contributed by atoms with Crippen molar-refractivity contribution in [3.63, 3.8) is 0 Å². The van der Waals surface area contributed by atoms with Crippen LogP contribution in [0.1, 0.15) is 31.7 Å². The summed E-state index contributed by atoms with van der Waals surface area (Å²) in [5.74, 6) is 0.580. The second-order valence-corrected chi connectivity index (χ2v) is 9.30. The van der Waals surface area contributed by atoms with Gasteiger partial charge in [0.1, 0.15) is 0 Å². The van der Waals surface area contributed by atoms with Crippen LogP contribution < -0.4 is 0 Å². The van der Waals surface area contributed by atoms with Crippen LogP contribution >= 0.6 is 0 Å². The Labute approximate surface area is 201 Å². The summed E-state index contributed by atoms with van der Waals surface area (Å²) >= 11 is 0. The van der Waals surface area contributed by atoms with Crippen LogP contribution in [-0.4, -0.2) is 0 Å². The highest BCUT2D eigenvalue weighted by Crippen LogP contribution is 2.45. The molecule has 0 aliphatic carbocycles. The van der Waals surface area contributed by atoms with E-state index in [1.807, 2.05) is 0 Å². The molecule has 0 N–H and O–H groups in total. The molecule has 0 nitrogen and oxygen atoms in total. The zero-order valence-electron chi connectivity index (χ0n) is 19.8. The number of rotatable bonds is 4. The molecule has 0 spiro atoms. The first-order valence-corrected chi connectivity index (χ1v) is 12.3. The van der Waals surface area contributed by atoms with E-state index in [1.165, 1.54) is 60.1 Å². The maximum atomic E-state index is 2.31. The molecule has 0 aliphatic heterocycles. The van der Waals surface area contributed by atoms with Crippen LogP contribution in [0.3, 0.4) is 0 Å². The van der Waals surface area contributed by atoms with Crippen LogP contribution in [0.2, 0.25) is 0 Å². The summed E-state index contributed by atoms with van der Waals surface area (Å²) in [4.78, 5) is 0.